The van der Waals surface area contributed by atoms with Crippen molar-refractivity contribution < 1.29 is 8.83 Å². The lowest BCUT2D eigenvalue weighted by Crippen LogP contribution is -2.12. The number of fused-ring (bicyclic) bond motifs is 13. The predicted molar refractivity (Wildman–Crippen MR) is 397 cm³/mol. The molecule has 0 spiro atoms. The van der Waals surface area contributed by atoms with E-state index in [0.717, 1.165) is 166 Å². The van der Waals surface area contributed by atoms with E-state index in [-0.39, 0.29) is 0 Å². The number of aryl methyl sites for hydroxylation is 2. The first-order valence-electron chi connectivity index (χ1n) is 32.1. The van der Waals surface area contributed by atoms with Crippen molar-refractivity contribution in [2.24, 2.45) is 0 Å². The summed E-state index contributed by atoms with van der Waals surface area (Å²) in [5.74, 6) is 0. The molecule has 0 saturated carbocycles. The maximum absolute atomic E-state index is 7.81. The Morgan fingerprint density at radius 1 is 0.202 bits per heavy atom. The van der Waals surface area contributed by atoms with Crippen molar-refractivity contribution in [2.45, 2.75) is 13.8 Å². The van der Waals surface area contributed by atoms with Crippen LogP contribution in [0.3, 0.4) is 0 Å². The number of anilines is 12. The summed E-state index contributed by atoms with van der Waals surface area (Å²) in [4.78, 5) is 9.55. The van der Waals surface area contributed by atoms with E-state index in [4.69, 9.17) is 8.83 Å². The molecule has 16 aromatic carbocycles. The zero-order valence-electron chi connectivity index (χ0n) is 51.8. The Morgan fingerprint density at radius 3 is 0.830 bits per heavy atom. The molecule has 0 unspecified atom stereocenters. The fourth-order valence-electron chi connectivity index (χ4n) is 14.5. The van der Waals surface area contributed by atoms with Gasteiger partial charge in [0.2, 0.25) is 0 Å². The van der Waals surface area contributed by atoms with E-state index in [2.05, 4.69) is 361 Å². The third kappa shape index (κ3) is 9.02. The predicted octanol–water partition coefficient (Wildman–Crippen LogP) is 25.7. The lowest BCUT2D eigenvalue weighted by Gasteiger charge is -2.30. The zero-order chi connectivity index (χ0) is 62.4. The Kier molecular flexibility index (Phi) is 12.9. The van der Waals surface area contributed by atoms with Crippen LogP contribution in [0, 0.1) is 13.8 Å². The highest BCUT2D eigenvalue weighted by Gasteiger charge is 2.31. The molecule has 444 valence electrons. The lowest BCUT2D eigenvalue weighted by atomic mass is 9.95. The summed E-state index contributed by atoms with van der Waals surface area (Å²) in [6, 6.07) is 119. The van der Waals surface area contributed by atoms with E-state index < -0.39 is 0 Å². The summed E-state index contributed by atoms with van der Waals surface area (Å²) < 4.78 is 15.6. The second-order valence-corrected chi connectivity index (χ2v) is 24.5. The topological polar surface area (TPSA) is 39.2 Å². The SMILES string of the molecule is Cc1ccc(N(c2ccccc2)c2ccc3c(c2)oc2c(N(c4cccc5ccccc45)c4cccc5ccccc45)cc4c(cc(N(c5cccc6ccccc56)c5cccc6ccccc56)c5oc6cc(N(c7ccccc7)c7ccc(C)cc7)ccc6c54)c23)cc1. The van der Waals surface area contributed by atoms with Crippen LogP contribution < -0.4 is 19.6 Å². The number of nitrogens with zero attached hydrogens (tertiary/aromatic N) is 4. The molecular formula is C88H60N4O2. The molecule has 0 fully saturated rings. The van der Waals surface area contributed by atoms with Crippen LogP contribution in [0.15, 0.2) is 336 Å². The Labute approximate surface area is 543 Å². The zero-order valence-corrected chi connectivity index (χ0v) is 51.8. The first-order chi connectivity index (χ1) is 46.5. The summed E-state index contributed by atoms with van der Waals surface area (Å²) in [5, 5.41) is 15.0. The number of benzene rings is 16. The molecule has 0 atom stereocenters. The Balaban J connectivity index is 1.02. The normalized spacial score (nSPS) is 11.7. The molecule has 0 radical (unpaired) electrons. The van der Waals surface area contributed by atoms with Gasteiger partial charge in [-0.25, -0.2) is 0 Å². The van der Waals surface area contributed by atoms with Crippen LogP contribution >= 0.6 is 0 Å². The van der Waals surface area contributed by atoms with Crippen LogP contribution in [-0.4, -0.2) is 0 Å². The van der Waals surface area contributed by atoms with Gasteiger partial charge in [0, 0.05) is 89.3 Å². The third-order valence-electron chi connectivity index (χ3n) is 18.8. The van der Waals surface area contributed by atoms with E-state index in [9.17, 15) is 0 Å². The third-order valence-corrected chi connectivity index (χ3v) is 18.8. The van der Waals surface area contributed by atoms with Crippen LogP contribution in [0.4, 0.5) is 68.2 Å². The minimum absolute atomic E-state index is 0.751. The molecule has 18 rings (SSSR count). The van der Waals surface area contributed by atoms with Crippen molar-refractivity contribution >= 4 is 166 Å². The molecule has 2 heterocycles. The maximum atomic E-state index is 7.81. The van der Waals surface area contributed by atoms with Crippen molar-refractivity contribution in [3.63, 3.8) is 0 Å². The monoisotopic (exact) mass is 1200 g/mol. The average molecular weight is 1210 g/mol. The number of rotatable bonds is 12. The van der Waals surface area contributed by atoms with Crippen LogP contribution in [0.1, 0.15) is 11.1 Å². The highest BCUT2D eigenvalue weighted by Crippen LogP contribution is 2.55. The number of para-hydroxylation sites is 2. The van der Waals surface area contributed by atoms with Crippen molar-refractivity contribution in [1.29, 1.82) is 0 Å². The Morgan fingerprint density at radius 2 is 0.489 bits per heavy atom. The van der Waals surface area contributed by atoms with Gasteiger partial charge in [0.05, 0.1) is 34.1 Å². The van der Waals surface area contributed by atoms with Gasteiger partial charge in [0.1, 0.15) is 11.2 Å². The summed E-state index contributed by atoms with van der Waals surface area (Å²) in [5.41, 5.74) is 17.4. The molecule has 2 aromatic heterocycles. The van der Waals surface area contributed by atoms with E-state index in [0.29, 0.717) is 0 Å². The summed E-state index contributed by atoms with van der Waals surface area (Å²) in [6.45, 7) is 4.27. The molecule has 6 nitrogen and oxygen atoms in total. The Bertz CT molecular complexity index is 5430. The van der Waals surface area contributed by atoms with Gasteiger partial charge in [-0.05, 0) is 155 Å². The van der Waals surface area contributed by atoms with Crippen LogP contribution in [0.25, 0.3) is 97.7 Å². The van der Waals surface area contributed by atoms with Gasteiger partial charge in [0.25, 0.3) is 0 Å². The molecule has 0 amide bonds. The smallest absolute Gasteiger partial charge is 0.160 e. The van der Waals surface area contributed by atoms with Gasteiger partial charge in [-0.2, -0.15) is 0 Å². The largest absolute Gasteiger partial charge is 0.454 e. The van der Waals surface area contributed by atoms with Crippen molar-refractivity contribution in [2.75, 3.05) is 19.6 Å². The van der Waals surface area contributed by atoms with E-state index in [1.807, 2.05) is 0 Å². The molecule has 0 saturated heterocycles. The van der Waals surface area contributed by atoms with Crippen molar-refractivity contribution in [3.05, 3.63) is 339 Å². The molecule has 94 heavy (non-hydrogen) atoms. The van der Waals surface area contributed by atoms with Gasteiger partial charge in [-0.1, -0.05) is 217 Å². The molecule has 0 aliphatic heterocycles. The number of hydrogen-bond donors (Lipinski definition) is 0. The molecule has 0 aliphatic carbocycles. The van der Waals surface area contributed by atoms with E-state index >= 15 is 0 Å². The van der Waals surface area contributed by atoms with Gasteiger partial charge in [-0.3, -0.25) is 0 Å². The second-order valence-electron chi connectivity index (χ2n) is 24.5. The number of furan rings is 2. The van der Waals surface area contributed by atoms with E-state index in [1.54, 1.807) is 0 Å². The van der Waals surface area contributed by atoms with Gasteiger partial charge < -0.3 is 28.4 Å². The Hall–Kier alpha value is -12.4. The first kappa shape index (κ1) is 54.5. The fourth-order valence-corrected chi connectivity index (χ4v) is 14.5. The van der Waals surface area contributed by atoms with Crippen molar-refractivity contribution in [3.8, 4) is 0 Å². The quantitative estimate of drug-likeness (QED) is 0.121. The number of hydrogen-bond acceptors (Lipinski definition) is 6. The lowest BCUT2D eigenvalue weighted by molar-refractivity contribution is 0.668. The highest BCUT2D eigenvalue weighted by atomic mass is 16.3. The van der Waals surface area contributed by atoms with Crippen LogP contribution in [-0.2, 0) is 0 Å². The molecule has 18 aromatic rings. The molecule has 0 bridgehead atoms. The van der Waals surface area contributed by atoms with Crippen LogP contribution in [0.2, 0.25) is 0 Å². The van der Waals surface area contributed by atoms with E-state index in [1.165, 1.54) is 11.1 Å². The summed E-state index contributed by atoms with van der Waals surface area (Å²) >= 11 is 0. The summed E-state index contributed by atoms with van der Waals surface area (Å²) in [6.07, 6.45) is 0. The molecular weight excluding hydrogens is 1140 g/mol. The standard InChI is InChI=1S/C88H60N4O2/c1-57-41-45-65(46-42-57)89(63-29-5-3-6-30-63)67-49-51-73-83(53-67)93-87-81(91(77-37-17-25-59-21-9-13-33-69(59)77)78-38-18-26-60-22-10-14-34-70(60)78)56-76-75(85(73)87)55-82(92(79-39-19-27-61-23-11-15-35-71(61)79)80-40-20-28-62-24-12-16-36-72(62)80)88-86(76)74-52-50-68(54-84(74)94-88)90(64-31-7-4-8-32-64)66-47-43-58(2)44-48-66/h3-56H,1-2H3. The molecule has 0 N–H and O–H groups in total. The van der Waals surface area contributed by atoms with Gasteiger partial charge >= 0.3 is 0 Å². The van der Waals surface area contributed by atoms with Crippen molar-refractivity contribution in [1.82, 2.24) is 0 Å². The highest BCUT2D eigenvalue weighted by molar-refractivity contribution is 6.33. The average Bonchev–Trinajstić information content (AvgIpc) is 1.46. The first-order valence-corrected chi connectivity index (χ1v) is 32.1. The summed E-state index contributed by atoms with van der Waals surface area (Å²) in [7, 11) is 0. The minimum Gasteiger partial charge on any atom is -0.454 e. The van der Waals surface area contributed by atoms with Crippen LogP contribution in [0.5, 0.6) is 0 Å². The minimum atomic E-state index is 0.751. The van der Waals surface area contributed by atoms with Gasteiger partial charge in [0.15, 0.2) is 11.2 Å². The maximum Gasteiger partial charge on any atom is 0.160 e. The molecule has 0 aliphatic rings. The van der Waals surface area contributed by atoms with Gasteiger partial charge in [-0.15, -0.1) is 0 Å². The molecule has 6 heteroatoms. The second kappa shape index (κ2) is 22.2. The fraction of sp³-hybridized carbons (Fsp3) is 0.0227.